The third-order valence-corrected chi connectivity index (χ3v) is 8.65. The largest absolute Gasteiger partial charge is 0.462 e. The summed E-state index contributed by atoms with van der Waals surface area (Å²) in [5.74, 6) is 0.837. The highest BCUT2D eigenvalue weighted by Gasteiger charge is 2.31. The van der Waals surface area contributed by atoms with Crippen LogP contribution in [-0.4, -0.2) is 72.7 Å². The third kappa shape index (κ3) is 5.31. The van der Waals surface area contributed by atoms with Gasteiger partial charge < -0.3 is 24.8 Å². The van der Waals surface area contributed by atoms with Gasteiger partial charge in [-0.3, -0.25) is 4.79 Å². The number of carbonyl (C=O) groups is 1. The normalized spacial score (nSPS) is 21.8. The first kappa shape index (κ1) is 26.8. The minimum absolute atomic E-state index is 0.0223. The Morgan fingerprint density at radius 1 is 1.18 bits per heavy atom. The molecule has 6 rings (SSSR count). The second-order valence-electron chi connectivity index (χ2n) is 10.9. The zero-order valence-electron chi connectivity index (χ0n) is 22.8. The summed E-state index contributed by atoms with van der Waals surface area (Å²) in [5.41, 5.74) is 2.56. The fraction of sp³-hybridized carbons (Fsp3) is 0.467. The lowest BCUT2D eigenvalue weighted by Gasteiger charge is -2.35. The quantitative estimate of drug-likeness (QED) is 0.485. The lowest BCUT2D eigenvalue weighted by molar-refractivity contribution is -0.118. The number of hydrogen-bond acceptors (Lipinski definition) is 8. The number of nitriles is 1. The molecule has 3 aliphatic heterocycles. The van der Waals surface area contributed by atoms with Crippen molar-refractivity contribution in [3.8, 4) is 12.1 Å². The highest BCUT2D eigenvalue weighted by molar-refractivity contribution is 6.37. The van der Waals surface area contributed by atoms with Crippen molar-refractivity contribution in [1.29, 1.82) is 5.26 Å². The Balaban J connectivity index is 1.39. The van der Waals surface area contributed by atoms with E-state index in [4.69, 9.17) is 26.3 Å². The summed E-state index contributed by atoms with van der Waals surface area (Å²) in [4.78, 5) is 29.8. The Morgan fingerprint density at radius 3 is 2.83 bits per heavy atom. The third-order valence-electron chi connectivity index (χ3n) is 8.34. The molecule has 1 aromatic heterocycles. The topological polar surface area (TPSA) is 97.6 Å². The Labute approximate surface area is 239 Å². The summed E-state index contributed by atoms with van der Waals surface area (Å²) in [5, 5.41) is 15.2. The molecule has 2 saturated heterocycles. The summed E-state index contributed by atoms with van der Waals surface area (Å²) in [7, 11) is 2.12. The molecule has 2 atom stereocenters. The van der Waals surface area contributed by atoms with E-state index < -0.39 is 0 Å². The number of carbonyl (C=O) groups excluding carboxylic acids is 1. The molecule has 2 aromatic carbocycles. The molecule has 2 fully saturated rings. The first-order valence-electron chi connectivity index (χ1n) is 14.1. The minimum atomic E-state index is 0.0223. The molecule has 1 N–H and O–H groups in total. The number of ether oxygens (including phenoxy) is 1. The van der Waals surface area contributed by atoms with Crippen LogP contribution in [0.15, 0.2) is 36.4 Å². The molecule has 0 saturated carbocycles. The fourth-order valence-corrected chi connectivity index (χ4v) is 6.44. The van der Waals surface area contributed by atoms with Crippen molar-refractivity contribution in [3.05, 3.63) is 52.7 Å². The van der Waals surface area contributed by atoms with Crippen LogP contribution in [0.1, 0.15) is 36.9 Å². The zero-order chi connectivity index (χ0) is 27.6. The molecule has 208 valence electrons. The van der Waals surface area contributed by atoms with Crippen molar-refractivity contribution < 1.29 is 9.53 Å². The van der Waals surface area contributed by atoms with Gasteiger partial charge in [-0.25, -0.2) is 0 Å². The van der Waals surface area contributed by atoms with E-state index in [1.165, 1.54) is 0 Å². The van der Waals surface area contributed by atoms with Crippen molar-refractivity contribution in [2.45, 2.75) is 50.7 Å². The second-order valence-corrected chi connectivity index (χ2v) is 11.3. The molecule has 0 bridgehead atoms. The second kappa shape index (κ2) is 11.6. The number of benzene rings is 2. The number of fused-ring (bicyclic) bond motifs is 2. The summed E-state index contributed by atoms with van der Waals surface area (Å²) >= 11 is 6.65. The van der Waals surface area contributed by atoms with Gasteiger partial charge in [0.05, 0.1) is 35.4 Å². The number of aromatic nitrogens is 2. The number of likely N-dealkylation sites (N-methyl/N-ethyl adjacent to an activating group) is 1. The maximum atomic E-state index is 13.6. The van der Waals surface area contributed by atoms with Crippen LogP contribution in [0.2, 0.25) is 5.02 Å². The smallest absolute Gasteiger partial charge is 0.318 e. The van der Waals surface area contributed by atoms with Crippen molar-refractivity contribution in [2.24, 2.45) is 0 Å². The van der Waals surface area contributed by atoms with Crippen LogP contribution in [0.4, 0.5) is 11.5 Å². The van der Waals surface area contributed by atoms with Crippen LogP contribution in [-0.2, 0) is 17.8 Å². The Hall–Kier alpha value is -3.45. The van der Waals surface area contributed by atoms with E-state index in [2.05, 4.69) is 28.2 Å². The fourth-order valence-electron chi connectivity index (χ4n) is 6.16. The molecular weight excluding hydrogens is 526 g/mol. The SMILES string of the molecule is CN1CCC[C@H]1COc1nc2c(c(N3CCN[C@@H](CC#N)C3)n1)CCC(=O)N(c1cccc3cccc(Cl)c13)C2. The lowest BCUT2D eigenvalue weighted by Crippen LogP contribution is -2.51. The average Bonchev–Trinajstić information content (AvgIpc) is 3.30. The van der Waals surface area contributed by atoms with Crippen LogP contribution >= 0.6 is 11.6 Å². The van der Waals surface area contributed by atoms with Gasteiger partial charge in [-0.2, -0.15) is 15.2 Å². The van der Waals surface area contributed by atoms with Gasteiger partial charge in [-0.15, -0.1) is 0 Å². The Morgan fingerprint density at radius 2 is 2.02 bits per heavy atom. The molecule has 0 radical (unpaired) electrons. The van der Waals surface area contributed by atoms with Crippen LogP contribution in [0.3, 0.4) is 0 Å². The van der Waals surface area contributed by atoms with Crippen LogP contribution in [0, 0.1) is 11.3 Å². The predicted octanol–water partition coefficient (Wildman–Crippen LogP) is 3.93. The standard InChI is InChI=1S/C30H34ClN7O2/c1-36-15-4-7-22(36)19-40-30-34-25-18-38(26-9-3-6-20-5-2-8-24(31)28(20)26)27(39)11-10-23(25)29(35-30)37-16-14-33-21(17-37)12-13-32/h2-3,5-6,8-9,21-22,33H,4,7,10-12,14-19H2,1H3/t21-,22-/m0/s1. The van der Waals surface area contributed by atoms with Gasteiger partial charge in [0.15, 0.2) is 0 Å². The maximum absolute atomic E-state index is 13.6. The van der Waals surface area contributed by atoms with E-state index in [0.29, 0.717) is 56.0 Å². The summed E-state index contributed by atoms with van der Waals surface area (Å²) in [6, 6.07) is 14.7. The number of likely N-dealkylation sites (tertiary alicyclic amines) is 1. The van der Waals surface area contributed by atoms with Gasteiger partial charge in [-0.05, 0) is 50.4 Å². The number of rotatable bonds is 6. The summed E-state index contributed by atoms with van der Waals surface area (Å²) in [6.45, 7) is 4.07. The number of halogens is 1. The number of nitrogens with one attached hydrogen (secondary N) is 1. The predicted molar refractivity (Wildman–Crippen MR) is 156 cm³/mol. The molecule has 10 heteroatoms. The lowest BCUT2D eigenvalue weighted by atomic mass is 10.1. The van der Waals surface area contributed by atoms with Crippen LogP contribution in [0.5, 0.6) is 6.01 Å². The van der Waals surface area contributed by atoms with Crippen molar-refractivity contribution >= 4 is 39.8 Å². The van der Waals surface area contributed by atoms with Gasteiger partial charge in [0.25, 0.3) is 0 Å². The van der Waals surface area contributed by atoms with E-state index in [0.717, 1.165) is 66.0 Å². The van der Waals surface area contributed by atoms with E-state index in [9.17, 15) is 10.1 Å². The monoisotopic (exact) mass is 559 g/mol. The van der Waals surface area contributed by atoms with E-state index in [-0.39, 0.29) is 11.9 Å². The number of anilines is 2. The van der Waals surface area contributed by atoms with E-state index in [1.807, 2.05) is 41.3 Å². The van der Waals surface area contributed by atoms with E-state index >= 15 is 0 Å². The van der Waals surface area contributed by atoms with Gasteiger partial charge in [0.1, 0.15) is 12.4 Å². The van der Waals surface area contributed by atoms with Crippen LogP contribution < -0.4 is 19.9 Å². The number of hydrogen-bond donors (Lipinski definition) is 1. The van der Waals surface area contributed by atoms with Gasteiger partial charge in [-0.1, -0.05) is 35.9 Å². The highest BCUT2D eigenvalue weighted by Crippen LogP contribution is 2.37. The molecule has 40 heavy (non-hydrogen) atoms. The van der Waals surface area contributed by atoms with Gasteiger partial charge in [0.2, 0.25) is 5.91 Å². The zero-order valence-corrected chi connectivity index (χ0v) is 23.5. The van der Waals surface area contributed by atoms with E-state index in [1.54, 1.807) is 0 Å². The molecule has 3 aliphatic rings. The number of nitrogens with zero attached hydrogens (tertiary/aromatic N) is 6. The first-order valence-corrected chi connectivity index (χ1v) is 14.5. The van der Waals surface area contributed by atoms with Crippen molar-refractivity contribution in [2.75, 3.05) is 49.6 Å². The molecule has 0 spiro atoms. The molecule has 9 nitrogen and oxygen atoms in total. The number of amides is 1. The Kier molecular flexibility index (Phi) is 7.74. The highest BCUT2D eigenvalue weighted by atomic mass is 35.5. The summed E-state index contributed by atoms with van der Waals surface area (Å²) in [6.07, 6.45) is 3.55. The van der Waals surface area contributed by atoms with Gasteiger partial charge in [0, 0.05) is 49.1 Å². The van der Waals surface area contributed by atoms with Gasteiger partial charge >= 0.3 is 6.01 Å². The molecule has 1 amide bonds. The first-order chi connectivity index (χ1) is 19.5. The number of piperazine rings is 1. The van der Waals surface area contributed by atoms with Crippen molar-refractivity contribution in [1.82, 2.24) is 20.2 Å². The Bertz CT molecular complexity index is 1450. The minimum Gasteiger partial charge on any atom is -0.462 e. The molecular formula is C30H34ClN7O2. The van der Waals surface area contributed by atoms with Crippen LogP contribution in [0.25, 0.3) is 10.8 Å². The molecule has 3 aromatic rings. The molecule has 4 heterocycles. The molecule has 0 unspecified atom stereocenters. The average molecular weight is 560 g/mol. The summed E-state index contributed by atoms with van der Waals surface area (Å²) < 4.78 is 6.25. The molecule has 0 aliphatic carbocycles. The van der Waals surface area contributed by atoms with Crippen molar-refractivity contribution in [3.63, 3.8) is 0 Å². The maximum Gasteiger partial charge on any atom is 0.318 e.